The summed E-state index contributed by atoms with van der Waals surface area (Å²) in [6.07, 6.45) is 6.60. The summed E-state index contributed by atoms with van der Waals surface area (Å²) in [7, 11) is 1.39. The molecule has 0 aromatic carbocycles. The van der Waals surface area contributed by atoms with Gasteiger partial charge in [0.1, 0.15) is 4.88 Å². The van der Waals surface area contributed by atoms with Crippen LogP contribution in [0.15, 0.2) is 28.3 Å². The van der Waals surface area contributed by atoms with Crippen molar-refractivity contribution in [2.24, 2.45) is 5.41 Å². The van der Waals surface area contributed by atoms with Gasteiger partial charge in [0.2, 0.25) is 5.91 Å². The second kappa shape index (κ2) is 9.72. The first-order chi connectivity index (χ1) is 15.4. The Bertz CT molecular complexity index is 1020. The van der Waals surface area contributed by atoms with E-state index in [1.165, 1.54) is 18.4 Å². The lowest BCUT2D eigenvalue weighted by molar-refractivity contribution is -0.128. The number of thiophene rings is 2. The number of esters is 1. The van der Waals surface area contributed by atoms with Crippen molar-refractivity contribution in [2.75, 3.05) is 38.6 Å². The van der Waals surface area contributed by atoms with Gasteiger partial charge in [-0.3, -0.25) is 4.79 Å². The number of nitrogens with one attached hydrogen (secondary N) is 1. The van der Waals surface area contributed by atoms with Crippen LogP contribution in [0.5, 0.6) is 0 Å². The van der Waals surface area contributed by atoms with Gasteiger partial charge in [0.05, 0.1) is 12.8 Å². The van der Waals surface area contributed by atoms with Crippen molar-refractivity contribution in [1.82, 2.24) is 9.80 Å². The highest BCUT2D eigenvalue weighted by Crippen LogP contribution is 2.41. The number of hydrogen-bond acceptors (Lipinski definition) is 6. The molecule has 2 aromatic rings. The predicted molar refractivity (Wildman–Crippen MR) is 134 cm³/mol. The molecular weight excluding hydrogens is 462 g/mol. The molecule has 0 bridgehead atoms. The number of piperidine rings is 1. The second-order valence-corrected chi connectivity index (χ2v) is 10.5. The van der Waals surface area contributed by atoms with Gasteiger partial charge in [-0.25, -0.2) is 4.79 Å². The largest absolute Gasteiger partial charge is 0.465 e. The number of aryl methyl sites for hydroxylation is 1. The van der Waals surface area contributed by atoms with Crippen LogP contribution in [0.25, 0.3) is 6.08 Å². The molecule has 2 aliphatic heterocycles. The number of nitrogens with zero attached hydrogens (tertiary/aromatic N) is 2. The molecule has 0 aliphatic carbocycles. The molecule has 2 fully saturated rings. The first-order valence-electron chi connectivity index (χ1n) is 10.6. The monoisotopic (exact) mass is 489 g/mol. The topological polar surface area (TPSA) is 61.9 Å². The quantitative estimate of drug-likeness (QED) is 0.384. The first kappa shape index (κ1) is 22.9. The van der Waals surface area contributed by atoms with E-state index in [1.54, 1.807) is 17.4 Å². The minimum Gasteiger partial charge on any atom is -0.465 e. The smallest absolute Gasteiger partial charge is 0.350 e. The van der Waals surface area contributed by atoms with Gasteiger partial charge in [0.15, 0.2) is 5.11 Å². The Kier molecular flexibility index (Phi) is 6.97. The lowest BCUT2D eigenvalue weighted by Crippen LogP contribution is -2.44. The van der Waals surface area contributed by atoms with Crippen molar-refractivity contribution in [1.29, 1.82) is 0 Å². The van der Waals surface area contributed by atoms with Gasteiger partial charge in [-0.2, -0.15) is 11.3 Å². The Labute approximate surface area is 201 Å². The molecule has 1 N–H and O–H groups in total. The van der Waals surface area contributed by atoms with Crippen LogP contribution < -0.4 is 5.32 Å². The molecule has 0 saturated carbocycles. The fraction of sp³-hybridized carbons (Fsp3) is 0.435. The molecule has 4 heterocycles. The van der Waals surface area contributed by atoms with Gasteiger partial charge in [0, 0.05) is 32.3 Å². The van der Waals surface area contributed by atoms with Crippen LogP contribution in [0.4, 0.5) is 5.69 Å². The van der Waals surface area contributed by atoms with Crippen LogP contribution in [0.1, 0.15) is 40.1 Å². The standard InChI is InChI=1S/C23H27N3O3S3/c1-16-13-32-20(21(28)29-2)19(16)24-22(30)26-11-8-23(15-26)6-9-25(10-7-23)18(27)4-3-17-5-12-31-14-17/h3-5,12-14H,6-11,15H2,1-2H3,(H,24,30). The van der Waals surface area contributed by atoms with Crippen molar-refractivity contribution in [2.45, 2.75) is 26.2 Å². The lowest BCUT2D eigenvalue weighted by atomic mass is 9.78. The van der Waals surface area contributed by atoms with Crippen LogP contribution in [0.3, 0.4) is 0 Å². The predicted octanol–water partition coefficient (Wildman–Crippen LogP) is 4.63. The molecular formula is C23H27N3O3S3. The first-order valence-corrected chi connectivity index (χ1v) is 12.9. The van der Waals surface area contributed by atoms with Crippen molar-refractivity contribution >= 4 is 63.6 Å². The normalized spacial score (nSPS) is 17.8. The van der Waals surface area contributed by atoms with Gasteiger partial charge in [-0.1, -0.05) is 0 Å². The molecule has 2 saturated heterocycles. The van der Waals surface area contributed by atoms with Crippen LogP contribution in [-0.4, -0.2) is 60.1 Å². The summed E-state index contributed by atoms with van der Waals surface area (Å²) in [5.74, 6) is -0.266. The summed E-state index contributed by atoms with van der Waals surface area (Å²) in [6, 6.07) is 2.01. The Morgan fingerprint density at radius 2 is 1.91 bits per heavy atom. The van der Waals surface area contributed by atoms with Crippen LogP contribution in [0, 0.1) is 12.3 Å². The van der Waals surface area contributed by atoms with E-state index < -0.39 is 0 Å². The van der Waals surface area contributed by atoms with E-state index in [4.69, 9.17) is 17.0 Å². The van der Waals surface area contributed by atoms with Crippen LogP contribution in [-0.2, 0) is 9.53 Å². The number of anilines is 1. The van der Waals surface area contributed by atoms with E-state index in [2.05, 4.69) is 10.2 Å². The molecule has 1 spiro atoms. The number of carbonyl (C=O) groups excluding carboxylic acids is 2. The molecule has 6 nitrogen and oxygen atoms in total. The Balaban J connectivity index is 1.32. The summed E-state index contributed by atoms with van der Waals surface area (Å²) >= 11 is 8.68. The highest BCUT2D eigenvalue weighted by molar-refractivity contribution is 7.80. The van der Waals surface area contributed by atoms with E-state index in [0.29, 0.717) is 9.99 Å². The average Bonchev–Trinajstić information content (AvgIpc) is 3.54. The zero-order valence-corrected chi connectivity index (χ0v) is 20.7. The maximum Gasteiger partial charge on any atom is 0.350 e. The van der Waals surface area contributed by atoms with E-state index in [0.717, 1.165) is 62.3 Å². The van der Waals surface area contributed by atoms with Crippen molar-refractivity contribution in [3.8, 4) is 0 Å². The minimum atomic E-state index is -0.351. The van der Waals surface area contributed by atoms with Gasteiger partial charge in [-0.05, 0) is 83.2 Å². The van der Waals surface area contributed by atoms with E-state index in [9.17, 15) is 9.59 Å². The summed E-state index contributed by atoms with van der Waals surface area (Å²) < 4.78 is 4.89. The fourth-order valence-electron chi connectivity index (χ4n) is 4.39. The molecule has 2 aromatic heterocycles. The molecule has 0 atom stereocenters. The maximum absolute atomic E-state index is 12.6. The number of amides is 1. The van der Waals surface area contributed by atoms with Gasteiger partial charge < -0.3 is 19.9 Å². The summed E-state index contributed by atoms with van der Waals surface area (Å²) in [6.45, 7) is 5.27. The number of carbonyl (C=O) groups is 2. The second-order valence-electron chi connectivity index (χ2n) is 8.43. The maximum atomic E-state index is 12.6. The highest BCUT2D eigenvalue weighted by Gasteiger charge is 2.42. The number of hydrogen-bond donors (Lipinski definition) is 1. The number of likely N-dealkylation sites (tertiary alicyclic amines) is 2. The lowest BCUT2D eigenvalue weighted by Gasteiger charge is -2.39. The van der Waals surface area contributed by atoms with Crippen molar-refractivity contribution in [3.63, 3.8) is 0 Å². The van der Waals surface area contributed by atoms with Gasteiger partial charge >= 0.3 is 5.97 Å². The number of ether oxygens (including phenoxy) is 1. The van der Waals surface area contributed by atoms with Gasteiger partial charge in [-0.15, -0.1) is 11.3 Å². The SMILES string of the molecule is COC(=O)c1scc(C)c1NC(=S)N1CCC2(CCN(C(=O)C=Cc3ccsc3)CC2)C1. The molecule has 4 rings (SSSR count). The van der Waals surface area contributed by atoms with Crippen molar-refractivity contribution < 1.29 is 14.3 Å². The zero-order valence-electron chi connectivity index (χ0n) is 18.3. The van der Waals surface area contributed by atoms with E-state index in [-0.39, 0.29) is 17.3 Å². The Morgan fingerprint density at radius 3 is 2.56 bits per heavy atom. The number of methoxy groups -OCH3 is 1. The fourth-order valence-corrected chi connectivity index (χ4v) is 6.20. The van der Waals surface area contributed by atoms with E-state index in [1.807, 2.05) is 40.1 Å². The summed E-state index contributed by atoms with van der Waals surface area (Å²) in [4.78, 5) is 29.3. The Hall–Kier alpha value is -2.23. The third kappa shape index (κ3) is 4.89. The molecule has 32 heavy (non-hydrogen) atoms. The molecule has 170 valence electrons. The van der Waals surface area contributed by atoms with Crippen LogP contribution >= 0.6 is 34.9 Å². The van der Waals surface area contributed by atoms with Crippen molar-refractivity contribution in [3.05, 3.63) is 44.3 Å². The molecule has 9 heteroatoms. The summed E-state index contributed by atoms with van der Waals surface area (Å²) in [5.41, 5.74) is 2.98. The number of rotatable bonds is 4. The minimum absolute atomic E-state index is 0.0846. The third-order valence-electron chi connectivity index (χ3n) is 6.40. The van der Waals surface area contributed by atoms with Gasteiger partial charge in [0.25, 0.3) is 0 Å². The molecule has 2 aliphatic rings. The highest BCUT2D eigenvalue weighted by atomic mass is 32.1. The summed E-state index contributed by atoms with van der Waals surface area (Å²) in [5, 5.41) is 9.91. The third-order valence-corrected chi connectivity index (χ3v) is 8.54. The molecule has 0 radical (unpaired) electrons. The molecule has 0 unspecified atom stereocenters. The number of thiocarbonyl (C=S) groups is 1. The van der Waals surface area contributed by atoms with Crippen LogP contribution in [0.2, 0.25) is 0 Å². The Morgan fingerprint density at radius 1 is 1.19 bits per heavy atom. The average molecular weight is 490 g/mol. The van der Waals surface area contributed by atoms with E-state index >= 15 is 0 Å². The molecule has 1 amide bonds. The zero-order chi connectivity index (χ0) is 22.7.